The highest BCUT2D eigenvalue weighted by molar-refractivity contribution is 5.45. The Labute approximate surface area is 78.3 Å². The van der Waals surface area contributed by atoms with E-state index in [1.54, 1.807) is 19.2 Å². The lowest BCUT2D eigenvalue weighted by Gasteiger charge is -2.15. The summed E-state index contributed by atoms with van der Waals surface area (Å²) in [5.74, 6) is 0.975. The van der Waals surface area contributed by atoms with E-state index >= 15 is 0 Å². The molecular formula is C10H15NO2. The van der Waals surface area contributed by atoms with Crippen molar-refractivity contribution in [3.05, 3.63) is 23.8 Å². The number of ether oxygens (including phenoxy) is 1. The Hall–Kier alpha value is -1.22. The van der Waals surface area contributed by atoms with Crippen LogP contribution in [0, 0.1) is 0 Å². The van der Waals surface area contributed by atoms with Gasteiger partial charge in [-0.2, -0.15) is 0 Å². The summed E-state index contributed by atoms with van der Waals surface area (Å²) < 4.78 is 5.15. The third kappa shape index (κ3) is 1.92. The van der Waals surface area contributed by atoms with Crippen molar-refractivity contribution < 1.29 is 9.84 Å². The van der Waals surface area contributed by atoms with Gasteiger partial charge in [-0.25, -0.2) is 0 Å². The molecule has 2 N–H and O–H groups in total. The Morgan fingerprint density at radius 2 is 2.15 bits per heavy atom. The molecule has 0 aliphatic carbocycles. The quantitative estimate of drug-likeness (QED) is 0.745. The molecular weight excluding hydrogens is 166 g/mol. The molecule has 1 aromatic carbocycles. The highest BCUT2D eigenvalue weighted by Crippen LogP contribution is 2.32. The first kappa shape index (κ1) is 9.86. The lowest BCUT2D eigenvalue weighted by Crippen LogP contribution is -2.13. The summed E-state index contributed by atoms with van der Waals surface area (Å²) in [7, 11) is 3.44. The van der Waals surface area contributed by atoms with Crippen molar-refractivity contribution >= 4 is 0 Å². The maximum atomic E-state index is 9.60. The average molecular weight is 181 g/mol. The molecule has 3 nitrogen and oxygen atoms in total. The monoisotopic (exact) mass is 181 g/mol. The van der Waals surface area contributed by atoms with Gasteiger partial charge in [-0.3, -0.25) is 0 Å². The molecule has 0 aliphatic heterocycles. The zero-order valence-corrected chi connectivity index (χ0v) is 8.16. The third-order valence-corrected chi connectivity index (χ3v) is 2.13. The number of phenols is 1. The van der Waals surface area contributed by atoms with Crippen LogP contribution >= 0.6 is 0 Å². The molecule has 0 fully saturated rings. The summed E-state index contributed by atoms with van der Waals surface area (Å²) in [5.41, 5.74) is 0.799. The highest BCUT2D eigenvalue weighted by Gasteiger charge is 2.13. The number of hydrogen-bond donors (Lipinski definition) is 2. The Balaban J connectivity index is 3.14. The van der Waals surface area contributed by atoms with Crippen LogP contribution in [0.3, 0.4) is 0 Å². The van der Waals surface area contributed by atoms with Crippen LogP contribution in [0.15, 0.2) is 18.2 Å². The van der Waals surface area contributed by atoms with Crippen molar-refractivity contribution in [2.75, 3.05) is 14.2 Å². The Bertz CT molecular complexity index is 286. The molecule has 0 radical (unpaired) electrons. The van der Waals surface area contributed by atoms with Crippen LogP contribution in [-0.2, 0) is 0 Å². The van der Waals surface area contributed by atoms with E-state index in [9.17, 15) is 5.11 Å². The van der Waals surface area contributed by atoms with Crippen LogP contribution < -0.4 is 10.1 Å². The number of rotatable bonds is 3. The van der Waals surface area contributed by atoms with Crippen LogP contribution in [0.5, 0.6) is 11.5 Å². The number of hydrogen-bond acceptors (Lipinski definition) is 3. The van der Waals surface area contributed by atoms with Gasteiger partial charge in [0.2, 0.25) is 0 Å². The minimum Gasteiger partial charge on any atom is -0.507 e. The molecule has 72 valence electrons. The first-order chi connectivity index (χ1) is 6.20. The predicted octanol–water partition coefficient (Wildman–Crippen LogP) is 1.68. The summed E-state index contributed by atoms with van der Waals surface area (Å²) in [6.07, 6.45) is 0. The van der Waals surface area contributed by atoms with Crippen molar-refractivity contribution in [3.8, 4) is 11.5 Å². The molecule has 13 heavy (non-hydrogen) atoms. The Morgan fingerprint density at radius 1 is 1.46 bits per heavy atom. The second-order valence-corrected chi connectivity index (χ2v) is 2.90. The topological polar surface area (TPSA) is 41.5 Å². The van der Waals surface area contributed by atoms with E-state index in [1.165, 1.54) is 0 Å². The standard InChI is InChI=1S/C10H15NO2/c1-7(11-2)10-8(12)5-4-6-9(10)13-3/h4-7,11-12H,1-3H3/t7-/m0/s1. The molecule has 1 aromatic rings. The molecule has 0 bridgehead atoms. The molecule has 3 heteroatoms. The lowest BCUT2D eigenvalue weighted by atomic mass is 10.1. The van der Waals surface area contributed by atoms with E-state index in [2.05, 4.69) is 5.32 Å². The smallest absolute Gasteiger partial charge is 0.127 e. The summed E-state index contributed by atoms with van der Waals surface area (Å²) >= 11 is 0. The van der Waals surface area contributed by atoms with Crippen molar-refractivity contribution in [1.29, 1.82) is 0 Å². The number of benzene rings is 1. The maximum Gasteiger partial charge on any atom is 0.127 e. The molecule has 1 atom stereocenters. The second kappa shape index (κ2) is 4.14. The molecule has 0 saturated heterocycles. The van der Waals surface area contributed by atoms with Crippen LogP contribution in [0.25, 0.3) is 0 Å². The molecule has 0 saturated carbocycles. The maximum absolute atomic E-state index is 9.60. The van der Waals surface area contributed by atoms with E-state index in [4.69, 9.17) is 4.74 Å². The molecule has 0 unspecified atom stereocenters. The summed E-state index contributed by atoms with van der Waals surface area (Å²) in [4.78, 5) is 0. The van der Waals surface area contributed by atoms with Crippen LogP contribution in [0.1, 0.15) is 18.5 Å². The first-order valence-electron chi connectivity index (χ1n) is 4.23. The molecule has 1 rings (SSSR count). The first-order valence-corrected chi connectivity index (χ1v) is 4.23. The second-order valence-electron chi connectivity index (χ2n) is 2.90. The van der Waals surface area contributed by atoms with Gasteiger partial charge in [0.15, 0.2) is 0 Å². The van der Waals surface area contributed by atoms with Gasteiger partial charge in [0.1, 0.15) is 11.5 Å². The van der Waals surface area contributed by atoms with Crippen molar-refractivity contribution in [2.24, 2.45) is 0 Å². The van der Waals surface area contributed by atoms with Crippen molar-refractivity contribution in [3.63, 3.8) is 0 Å². The largest absolute Gasteiger partial charge is 0.507 e. The van der Waals surface area contributed by atoms with Gasteiger partial charge in [0.25, 0.3) is 0 Å². The Kier molecular flexibility index (Phi) is 3.14. The predicted molar refractivity (Wildman–Crippen MR) is 52.1 cm³/mol. The minimum absolute atomic E-state index is 0.0798. The average Bonchev–Trinajstić information content (AvgIpc) is 2.16. The third-order valence-electron chi connectivity index (χ3n) is 2.13. The summed E-state index contributed by atoms with van der Waals surface area (Å²) in [6.45, 7) is 1.97. The van der Waals surface area contributed by atoms with Crippen molar-refractivity contribution in [2.45, 2.75) is 13.0 Å². The van der Waals surface area contributed by atoms with Crippen LogP contribution in [0.4, 0.5) is 0 Å². The number of methoxy groups -OCH3 is 1. The Morgan fingerprint density at radius 3 is 2.69 bits per heavy atom. The van der Waals surface area contributed by atoms with E-state index in [0.717, 1.165) is 5.56 Å². The van der Waals surface area contributed by atoms with E-state index in [1.807, 2.05) is 20.0 Å². The minimum atomic E-state index is 0.0798. The van der Waals surface area contributed by atoms with E-state index in [-0.39, 0.29) is 11.8 Å². The zero-order valence-electron chi connectivity index (χ0n) is 8.16. The van der Waals surface area contributed by atoms with Gasteiger partial charge in [-0.15, -0.1) is 0 Å². The molecule has 0 heterocycles. The fourth-order valence-electron chi connectivity index (χ4n) is 1.29. The van der Waals surface area contributed by atoms with Gasteiger partial charge < -0.3 is 15.2 Å². The summed E-state index contributed by atoms with van der Waals surface area (Å²) in [6, 6.07) is 5.34. The van der Waals surface area contributed by atoms with Gasteiger partial charge >= 0.3 is 0 Å². The van der Waals surface area contributed by atoms with Crippen LogP contribution in [0.2, 0.25) is 0 Å². The van der Waals surface area contributed by atoms with Crippen molar-refractivity contribution in [1.82, 2.24) is 5.32 Å². The highest BCUT2D eigenvalue weighted by atomic mass is 16.5. The van der Waals surface area contributed by atoms with Gasteiger partial charge in [0, 0.05) is 6.04 Å². The SMILES string of the molecule is CN[C@@H](C)c1c(O)cccc1OC. The van der Waals surface area contributed by atoms with E-state index in [0.29, 0.717) is 5.75 Å². The van der Waals surface area contributed by atoms with Gasteiger partial charge in [-0.1, -0.05) is 6.07 Å². The van der Waals surface area contributed by atoms with Gasteiger partial charge in [0.05, 0.1) is 12.7 Å². The number of nitrogens with one attached hydrogen (secondary N) is 1. The van der Waals surface area contributed by atoms with Gasteiger partial charge in [-0.05, 0) is 26.1 Å². The zero-order chi connectivity index (χ0) is 9.84. The fraction of sp³-hybridized carbons (Fsp3) is 0.400. The number of aromatic hydroxyl groups is 1. The normalized spacial score (nSPS) is 12.5. The van der Waals surface area contributed by atoms with Crippen LogP contribution in [-0.4, -0.2) is 19.3 Å². The van der Waals surface area contributed by atoms with E-state index < -0.39 is 0 Å². The molecule has 0 spiro atoms. The fourth-order valence-corrected chi connectivity index (χ4v) is 1.29. The summed E-state index contributed by atoms with van der Waals surface area (Å²) in [5, 5.41) is 12.7. The lowest BCUT2D eigenvalue weighted by molar-refractivity contribution is 0.391. The molecule has 0 aromatic heterocycles. The molecule has 0 aliphatic rings. The molecule has 0 amide bonds. The number of phenolic OH excluding ortho intramolecular Hbond substituents is 1.